The van der Waals surface area contributed by atoms with Gasteiger partial charge in [0.05, 0.1) is 6.10 Å². The van der Waals surface area contributed by atoms with Gasteiger partial charge >= 0.3 is 0 Å². The van der Waals surface area contributed by atoms with Crippen molar-refractivity contribution in [3.8, 4) is 0 Å². The van der Waals surface area contributed by atoms with Crippen LogP contribution in [0.4, 0.5) is 11.6 Å². The van der Waals surface area contributed by atoms with Crippen LogP contribution in [-0.4, -0.2) is 35.8 Å². The zero-order valence-corrected chi connectivity index (χ0v) is 11.4. The summed E-state index contributed by atoms with van der Waals surface area (Å²) >= 11 is 0. The van der Waals surface area contributed by atoms with Crippen molar-refractivity contribution in [3.05, 3.63) is 11.4 Å². The third kappa shape index (κ3) is 2.72. The van der Waals surface area contributed by atoms with Crippen molar-refractivity contribution < 1.29 is 4.74 Å². The van der Waals surface area contributed by atoms with Gasteiger partial charge in [0.15, 0.2) is 0 Å². The van der Waals surface area contributed by atoms with E-state index in [4.69, 9.17) is 10.5 Å². The van der Waals surface area contributed by atoms with Crippen molar-refractivity contribution in [2.75, 3.05) is 30.3 Å². The van der Waals surface area contributed by atoms with Gasteiger partial charge in [-0.1, -0.05) is 6.92 Å². The Morgan fingerprint density at radius 2 is 2.22 bits per heavy atom. The molecule has 18 heavy (non-hydrogen) atoms. The van der Waals surface area contributed by atoms with Crippen LogP contribution in [-0.2, 0) is 11.2 Å². The first-order valence-corrected chi connectivity index (χ1v) is 6.61. The van der Waals surface area contributed by atoms with E-state index in [9.17, 15) is 0 Å². The largest absolute Gasteiger partial charge is 0.383 e. The zero-order valence-electron chi connectivity index (χ0n) is 11.4. The summed E-state index contributed by atoms with van der Waals surface area (Å²) in [4.78, 5) is 11.2. The summed E-state index contributed by atoms with van der Waals surface area (Å²) in [6, 6.07) is 0. The van der Waals surface area contributed by atoms with Gasteiger partial charge in [0.2, 0.25) is 0 Å². The van der Waals surface area contributed by atoms with E-state index in [1.807, 2.05) is 13.8 Å². The number of nitrogens with two attached hydrogens (primary N) is 1. The number of aryl methyl sites for hydroxylation is 1. The number of nitrogens with zero attached hydrogens (tertiary/aromatic N) is 3. The molecule has 100 valence electrons. The fraction of sp³-hybridized carbons (Fsp3) is 0.692. The van der Waals surface area contributed by atoms with E-state index >= 15 is 0 Å². The first-order chi connectivity index (χ1) is 8.61. The summed E-state index contributed by atoms with van der Waals surface area (Å²) in [6.07, 6.45) is 2.06. The van der Waals surface area contributed by atoms with Gasteiger partial charge in [0.25, 0.3) is 0 Å². The Bertz CT molecular complexity index is 422. The predicted octanol–water partition coefficient (Wildman–Crippen LogP) is 1.54. The van der Waals surface area contributed by atoms with Gasteiger partial charge in [-0.2, -0.15) is 0 Å². The van der Waals surface area contributed by atoms with Crippen LogP contribution in [0, 0.1) is 6.92 Å². The van der Waals surface area contributed by atoms with E-state index in [2.05, 4.69) is 21.8 Å². The first-order valence-electron chi connectivity index (χ1n) is 6.61. The van der Waals surface area contributed by atoms with Gasteiger partial charge < -0.3 is 15.4 Å². The van der Waals surface area contributed by atoms with Crippen molar-refractivity contribution in [1.29, 1.82) is 0 Å². The lowest BCUT2D eigenvalue weighted by molar-refractivity contribution is 0.0820. The Balaban J connectivity index is 2.33. The molecular weight excluding hydrogens is 228 g/mol. The number of nitrogen functional groups attached to an aromatic ring is 1. The number of anilines is 2. The van der Waals surface area contributed by atoms with Gasteiger partial charge in [-0.25, -0.2) is 9.97 Å². The second kappa shape index (κ2) is 5.52. The second-order valence-corrected chi connectivity index (χ2v) is 4.81. The summed E-state index contributed by atoms with van der Waals surface area (Å²) in [5, 5.41) is 0. The summed E-state index contributed by atoms with van der Waals surface area (Å²) in [5.74, 6) is 2.37. The molecule has 2 heterocycles. The van der Waals surface area contributed by atoms with E-state index in [0.717, 1.165) is 49.7 Å². The molecule has 1 fully saturated rings. The lowest BCUT2D eigenvalue weighted by Gasteiger charge is -2.25. The topological polar surface area (TPSA) is 64.3 Å². The molecule has 0 saturated carbocycles. The van der Waals surface area contributed by atoms with Crippen molar-refractivity contribution in [1.82, 2.24) is 9.97 Å². The number of ether oxygens (including phenoxy) is 1. The van der Waals surface area contributed by atoms with Crippen LogP contribution in [0.25, 0.3) is 0 Å². The van der Waals surface area contributed by atoms with Gasteiger partial charge in [-0.3, -0.25) is 0 Å². The molecular formula is C13H22N4O. The summed E-state index contributed by atoms with van der Waals surface area (Å²) in [7, 11) is 0. The molecule has 0 aliphatic carbocycles. The third-order valence-electron chi connectivity index (χ3n) is 3.27. The van der Waals surface area contributed by atoms with Crippen molar-refractivity contribution in [2.24, 2.45) is 0 Å². The van der Waals surface area contributed by atoms with E-state index in [0.29, 0.717) is 5.82 Å². The maximum Gasteiger partial charge on any atom is 0.137 e. The number of aromatic nitrogens is 2. The monoisotopic (exact) mass is 250 g/mol. The lowest BCUT2D eigenvalue weighted by atomic mass is 10.2. The van der Waals surface area contributed by atoms with Gasteiger partial charge in [0.1, 0.15) is 17.5 Å². The molecule has 1 aromatic rings. The quantitative estimate of drug-likeness (QED) is 0.862. The molecule has 0 spiro atoms. The Morgan fingerprint density at radius 3 is 2.94 bits per heavy atom. The molecule has 0 radical (unpaired) electrons. The molecule has 5 nitrogen and oxygen atoms in total. The normalized spacial score (nSPS) is 20.8. The highest BCUT2D eigenvalue weighted by atomic mass is 16.5. The Hall–Kier alpha value is -1.36. The SMILES string of the molecule is CCc1nc(N)c(C)c(N2CCCOC(C)C2)n1. The smallest absolute Gasteiger partial charge is 0.137 e. The zero-order chi connectivity index (χ0) is 13.1. The van der Waals surface area contributed by atoms with E-state index in [1.165, 1.54) is 0 Å². The third-order valence-corrected chi connectivity index (χ3v) is 3.27. The second-order valence-electron chi connectivity index (χ2n) is 4.81. The molecule has 1 aromatic heterocycles. The van der Waals surface area contributed by atoms with Crippen LogP contribution in [0.1, 0.15) is 31.7 Å². The van der Waals surface area contributed by atoms with Crippen LogP contribution in [0.15, 0.2) is 0 Å². The fourth-order valence-corrected chi connectivity index (χ4v) is 2.22. The van der Waals surface area contributed by atoms with E-state index < -0.39 is 0 Å². The number of hydrogen-bond donors (Lipinski definition) is 1. The lowest BCUT2D eigenvalue weighted by Crippen LogP contribution is -2.32. The summed E-state index contributed by atoms with van der Waals surface area (Å²) < 4.78 is 5.66. The highest BCUT2D eigenvalue weighted by molar-refractivity contribution is 5.56. The Labute approximate surface area is 108 Å². The highest BCUT2D eigenvalue weighted by Crippen LogP contribution is 2.23. The Kier molecular flexibility index (Phi) is 4.01. The molecule has 1 aliphatic rings. The summed E-state index contributed by atoms with van der Waals surface area (Å²) in [5.41, 5.74) is 6.94. The molecule has 1 saturated heterocycles. The molecule has 2 rings (SSSR count). The predicted molar refractivity (Wildman–Crippen MR) is 72.8 cm³/mol. The minimum atomic E-state index is 0.230. The van der Waals surface area contributed by atoms with Crippen molar-refractivity contribution >= 4 is 11.6 Å². The first kappa shape index (κ1) is 13.1. The van der Waals surface area contributed by atoms with E-state index in [-0.39, 0.29) is 6.10 Å². The van der Waals surface area contributed by atoms with Crippen LogP contribution in [0.2, 0.25) is 0 Å². The molecule has 2 N–H and O–H groups in total. The van der Waals surface area contributed by atoms with Crippen LogP contribution in [0.3, 0.4) is 0 Å². The van der Waals surface area contributed by atoms with Gasteiger partial charge in [0, 0.05) is 31.7 Å². The van der Waals surface area contributed by atoms with Crippen LogP contribution >= 0.6 is 0 Å². The Morgan fingerprint density at radius 1 is 1.44 bits per heavy atom. The molecule has 0 bridgehead atoms. The molecule has 0 aromatic carbocycles. The van der Waals surface area contributed by atoms with Gasteiger partial charge in [-0.05, 0) is 20.3 Å². The fourth-order valence-electron chi connectivity index (χ4n) is 2.22. The van der Waals surface area contributed by atoms with Gasteiger partial charge in [-0.15, -0.1) is 0 Å². The van der Waals surface area contributed by atoms with Crippen LogP contribution in [0.5, 0.6) is 0 Å². The number of hydrogen-bond acceptors (Lipinski definition) is 5. The maximum absolute atomic E-state index is 5.97. The molecule has 1 aliphatic heterocycles. The standard InChI is InChI=1S/C13H22N4O/c1-4-11-15-12(14)10(3)13(16-11)17-6-5-7-18-9(2)8-17/h9H,4-8H2,1-3H3,(H2,14,15,16). The van der Waals surface area contributed by atoms with E-state index in [1.54, 1.807) is 0 Å². The van der Waals surface area contributed by atoms with Crippen molar-refractivity contribution in [3.63, 3.8) is 0 Å². The molecule has 5 heteroatoms. The molecule has 0 amide bonds. The highest BCUT2D eigenvalue weighted by Gasteiger charge is 2.19. The average Bonchev–Trinajstić information content (AvgIpc) is 2.57. The molecule has 1 atom stereocenters. The average molecular weight is 250 g/mol. The maximum atomic E-state index is 5.97. The number of rotatable bonds is 2. The summed E-state index contributed by atoms with van der Waals surface area (Å²) in [6.45, 7) is 8.77. The molecule has 1 unspecified atom stereocenters. The van der Waals surface area contributed by atoms with Crippen LogP contribution < -0.4 is 10.6 Å². The van der Waals surface area contributed by atoms with Crippen molar-refractivity contribution in [2.45, 2.75) is 39.7 Å². The minimum absolute atomic E-state index is 0.230. The minimum Gasteiger partial charge on any atom is -0.383 e.